The molecule has 19 heteroatoms. The van der Waals surface area contributed by atoms with Gasteiger partial charge in [0.25, 0.3) is 33.7 Å². The van der Waals surface area contributed by atoms with Crippen LogP contribution in [0.4, 0.5) is 10.1 Å². The Balaban J connectivity index is 1.30. The number of carbonyl (C=O) groups excluding carboxylic acids is 4. The minimum atomic E-state index is -4.84. The molecule has 2 N–H and O–H groups in total. The van der Waals surface area contributed by atoms with Gasteiger partial charge in [-0.2, -0.15) is 8.42 Å². The third-order valence-electron chi connectivity index (χ3n) is 14.3. The van der Waals surface area contributed by atoms with E-state index in [1.165, 1.54) is 67.8 Å². The van der Waals surface area contributed by atoms with Crippen LogP contribution in [-0.4, -0.2) is 115 Å². The Morgan fingerprint density at radius 2 is 1.53 bits per heavy atom. The van der Waals surface area contributed by atoms with E-state index < -0.39 is 94.3 Å². The molecule has 9 heterocycles. The number of halogens is 1. The quantitative estimate of drug-likeness (QED) is 0.283. The van der Waals surface area contributed by atoms with Gasteiger partial charge in [-0.3, -0.25) is 28.3 Å². The van der Waals surface area contributed by atoms with Crippen LogP contribution in [0.2, 0.25) is 0 Å². The molecular weight excluding hydrogens is 846 g/mol. The topological polar surface area (TPSA) is 157 Å². The first kappa shape index (κ1) is 37.5. The van der Waals surface area contributed by atoms with Crippen LogP contribution in [0.1, 0.15) is 42.5 Å². The minimum Gasteiger partial charge on any atom is -0.388 e. The Morgan fingerprint density at radius 1 is 0.845 bits per heavy atom. The van der Waals surface area contributed by atoms with E-state index in [0.717, 1.165) is 37.9 Å². The summed E-state index contributed by atoms with van der Waals surface area (Å²) in [6.45, 7) is 5.24. The number of nitrogens with one attached hydrogen (secondary N) is 1. The maximum Gasteiger partial charge on any atom is 0.297 e. The smallest absolute Gasteiger partial charge is 0.297 e. The van der Waals surface area contributed by atoms with Gasteiger partial charge >= 0.3 is 0 Å². The van der Waals surface area contributed by atoms with E-state index in [9.17, 15) is 13.5 Å². The number of aliphatic hydroxyl groups is 1. The summed E-state index contributed by atoms with van der Waals surface area (Å²) in [7, 11) is 2.59. The molecular formula is C39H36FN5O8S5. The Bertz CT molecular complexity index is 2590. The maximum atomic E-state index is 16.2. The van der Waals surface area contributed by atoms with Gasteiger partial charge in [0.1, 0.15) is 24.2 Å². The first-order chi connectivity index (χ1) is 27.5. The predicted molar refractivity (Wildman–Crippen MR) is 217 cm³/mol. The van der Waals surface area contributed by atoms with Crippen LogP contribution in [0.15, 0.2) is 71.6 Å². The van der Waals surface area contributed by atoms with Crippen molar-refractivity contribution in [2.24, 2.45) is 0 Å². The highest BCUT2D eigenvalue weighted by molar-refractivity contribution is 8.78. The second-order valence-electron chi connectivity index (χ2n) is 16.4. The van der Waals surface area contributed by atoms with Crippen LogP contribution < -0.4 is 5.32 Å². The van der Waals surface area contributed by atoms with Gasteiger partial charge in [-0.15, -0.1) is 0 Å². The molecule has 4 bridgehead atoms. The van der Waals surface area contributed by atoms with Crippen molar-refractivity contribution in [3.8, 4) is 0 Å². The molecule has 13 nitrogen and oxygen atoms in total. The number of fused-ring (bicyclic) bond motifs is 11. The van der Waals surface area contributed by atoms with Crippen LogP contribution in [0, 0.1) is 12.7 Å². The van der Waals surface area contributed by atoms with Crippen molar-refractivity contribution < 1.29 is 41.3 Å². The van der Waals surface area contributed by atoms with Crippen LogP contribution in [-0.2, 0) is 50.7 Å². The van der Waals surface area contributed by atoms with Gasteiger partial charge in [0, 0.05) is 19.8 Å². The summed E-state index contributed by atoms with van der Waals surface area (Å²) in [6.07, 6.45) is -4.69. The van der Waals surface area contributed by atoms with Crippen LogP contribution in [0.25, 0.3) is 0 Å². The largest absolute Gasteiger partial charge is 0.388 e. The van der Waals surface area contributed by atoms with Gasteiger partial charge in [-0.1, -0.05) is 70.5 Å². The number of nitrogens with zero attached hydrogens (tertiary/aromatic N) is 4. The number of rotatable bonds is 5. The summed E-state index contributed by atoms with van der Waals surface area (Å²) in [5, 5.41) is 17.3. The number of likely N-dealkylation sites (N-methyl/N-ethyl adjacent to an activating group) is 2. The number of benzene rings is 3. The van der Waals surface area contributed by atoms with E-state index in [4.69, 9.17) is 4.18 Å². The second kappa shape index (κ2) is 11.3. The zero-order chi connectivity index (χ0) is 40.9. The van der Waals surface area contributed by atoms with Crippen molar-refractivity contribution in [2.75, 3.05) is 19.4 Å². The van der Waals surface area contributed by atoms with Gasteiger partial charge in [-0.05, 0) is 95.3 Å². The highest BCUT2D eigenvalue weighted by Crippen LogP contribution is 2.79. The highest BCUT2D eigenvalue weighted by atomic mass is 33.1. The van der Waals surface area contributed by atoms with Gasteiger partial charge in [0.15, 0.2) is 9.74 Å². The van der Waals surface area contributed by atoms with Gasteiger partial charge in [0.05, 0.1) is 21.8 Å². The fourth-order valence-corrected chi connectivity index (χ4v) is 20.3. The van der Waals surface area contributed by atoms with E-state index in [0.29, 0.717) is 16.8 Å². The average molecular weight is 882 g/mol. The Hall–Kier alpha value is -3.46. The minimum absolute atomic E-state index is 0.119. The molecule has 8 saturated heterocycles. The van der Waals surface area contributed by atoms with E-state index in [1.807, 2.05) is 19.1 Å². The van der Waals surface area contributed by atoms with E-state index in [-0.39, 0.29) is 23.3 Å². The first-order valence-corrected chi connectivity index (χ1v) is 24.5. The summed E-state index contributed by atoms with van der Waals surface area (Å²) in [6, 6.07) is 16.1. The lowest BCUT2D eigenvalue weighted by molar-refractivity contribution is -0.168. The lowest BCUT2D eigenvalue weighted by atomic mass is 9.51. The SMILES string of the molecule is CC[C@@]12SS[C@]3(C(=O)N1C)[C@@H](O)[C@]1([C@@]45c6cc(F)ccc6N[C@@H]4N4C(=O)[C@]6(C)SS[C@]4(C(=O)N6C)[C@H]5OS(=O)(=O)c4ccc(C)cc4)c4ccccc4C[C@@H]1N3C2=O. The molecule has 0 unspecified atom stereocenters. The molecule has 13 rings (SSSR count). The van der Waals surface area contributed by atoms with Gasteiger partial charge < -0.3 is 25.1 Å². The maximum absolute atomic E-state index is 16.2. The number of carbonyl (C=O) groups is 4. The van der Waals surface area contributed by atoms with E-state index in [2.05, 4.69) is 5.32 Å². The summed E-state index contributed by atoms with van der Waals surface area (Å²) < 4.78 is 52.8. The number of piperazine rings is 2. The first-order valence-electron chi connectivity index (χ1n) is 18.8. The zero-order valence-corrected chi connectivity index (χ0v) is 35.7. The van der Waals surface area contributed by atoms with Crippen molar-refractivity contribution in [1.82, 2.24) is 19.6 Å². The molecule has 9 aliphatic heterocycles. The number of amides is 4. The summed E-state index contributed by atoms with van der Waals surface area (Å²) >= 11 is 0. The lowest BCUT2D eigenvalue weighted by Crippen LogP contribution is -2.77. The van der Waals surface area contributed by atoms with Crippen molar-refractivity contribution in [3.63, 3.8) is 0 Å². The average Bonchev–Trinajstić information content (AvgIpc) is 3.85. The fourth-order valence-electron chi connectivity index (χ4n) is 11.6. The Kier molecular flexibility index (Phi) is 7.29. The summed E-state index contributed by atoms with van der Waals surface area (Å²) in [5.74, 6) is -2.78. The molecule has 10 aliphatic rings. The van der Waals surface area contributed by atoms with Gasteiger partial charge in [0.2, 0.25) is 9.74 Å². The molecule has 8 fully saturated rings. The monoisotopic (exact) mass is 881 g/mol. The van der Waals surface area contributed by atoms with Crippen molar-refractivity contribution in [1.29, 1.82) is 0 Å². The second-order valence-corrected chi connectivity index (χ2v) is 23.4. The molecule has 302 valence electrons. The number of aliphatic hydroxyl groups excluding tert-OH is 1. The van der Waals surface area contributed by atoms with Gasteiger partial charge in [-0.25, -0.2) is 4.39 Å². The molecule has 0 radical (unpaired) electrons. The molecule has 0 aromatic heterocycles. The molecule has 0 saturated carbocycles. The van der Waals surface area contributed by atoms with Crippen molar-refractivity contribution >= 4 is 82.6 Å². The van der Waals surface area contributed by atoms with Crippen molar-refractivity contribution in [3.05, 3.63) is 94.8 Å². The normalized spacial score (nSPS) is 40.1. The molecule has 58 heavy (non-hydrogen) atoms. The van der Waals surface area contributed by atoms with Crippen LogP contribution in [0.5, 0.6) is 0 Å². The Labute approximate surface area is 349 Å². The summed E-state index contributed by atoms with van der Waals surface area (Å²) in [4.78, 5) is 59.5. The van der Waals surface area contributed by atoms with E-state index in [1.54, 1.807) is 45.2 Å². The number of hydrogen-bond donors (Lipinski definition) is 2. The lowest BCUT2D eigenvalue weighted by Gasteiger charge is -2.59. The molecule has 2 spiro atoms. The predicted octanol–water partition coefficient (Wildman–Crippen LogP) is 3.75. The fraction of sp³-hybridized carbons (Fsp3) is 0.436. The molecule has 4 amide bonds. The third-order valence-corrected chi connectivity index (χ3v) is 23.1. The highest BCUT2D eigenvalue weighted by Gasteiger charge is 2.93. The van der Waals surface area contributed by atoms with E-state index >= 15 is 23.6 Å². The number of aryl methyl sites for hydroxylation is 1. The zero-order valence-electron chi connectivity index (χ0n) is 31.6. The number of anilines is 1. The molecule has 3 aromatic rings. The molecule has 10 atom stereocenters. The summed E-state index contributed by atoms with van der Waals surface area (Å²) in [5.41, 5.74) is -1.57. The van der Waals surface area contributed by atoms with Crippen LogP contribution in [0.3, 0.4) is 0 Å². The van der Waals surface area contributed by atoms with Crippen LogP contribution >= 0.6 is 43.2 Å². The molecule has 3 aromatic carbocycles. The standard InChI is InChI=1S/C39H36FN5O8S5/c1-6-35-31(48)44-26-17-20-9-7-8-10-23(20)36(26,27(46)38(44,56-55-35)32(49)43(35)5)37-24-18-21(40)13-16-25(24)41-29(37)45-30(47)34(3)42(4)33(50)39(45,57-54-34)28(37)53-58(51,52)22-14-11-19(2)12-15-22/h7-16,18,26-29,41,46H,6,17H2,1-5H3/t26-,27-,28-,29+,34-,35-,36-,37+,38-,39-/m0/s1. The van der Waals surface area contributed by atoms with Crippen molar-refractivity contribution in [2.45, 2.75) is 93.2 Å². The Morgan fingerprint density at radius 3 is 2.26 bits per heavy atom. The molecule has 1 aliphatic carbocycles. The number of hydrogen-bond acceptors (Lipinski definition) is 13. The third kappa shape index (κ3) is 3.65.